The number of ether oxygens (including phenoxy) is 1. The van der Waals surface area contributed by atoms with E-state index in [4.69, 9.17) is 4.74 Å². The third-order valence-corrected chi connectivity index (χ3v) is 7.75. The Kier molecular flexibility index (Phi) is 9.21. The van der Waals surface area contributed by atoms with Crippen LogP contribution in [0, 0.1) is 0 Å². The van der Waals surface area contributed by atoms with E-state index in [-0.39, 0.29) is 31.0 Å². The standard InChI is InChI=1S/C29H40N2O5/c1-2-3-4-9-16-25(33)31(20-12-7-5-6-8-13-20)23-19-22(29(35)30-17-18-32)26-21-14-10-11-15-24(21)36-28(26)27(23)34/h2,10-11,14-15,19-20,23,26-28,32,34H,1,3-9,12-13,16-18H2,(H,30,35)/t23-,26+,27+,28+/m1/s1. The van der Waals surface area contributed by atoms with Crippen molar-refractivity contribution >= 4 is 11.8 Å². The molecule has 7 heteroatoms. The summed E-state index contributed by atoms with van der Waals surface area (Å²) in [5, 5.41) is 23.7. The van der Waals surface area contributed by atoms with Gasteiger partial charge in [0.1, 0.15) is 18.0 Å². The summed E-state index contributed by atoms with van der Waals surface area (Å²) in [6.45, 7) is 3.74. The van der Waals surface area contributed by atoms with E-state index in [1.54, 1.807) is 6.08 Å². The van der Waals surface area contributed by atoms with Crippen molar-refractivity contribution in [1.29, 1.82) is 0 Å². The smallest absolute Gasteiger partial charge is 0.247 e. The van der Waals surface area contributed by atoms with Crippen LogP contribution in [0.25, 0.3) is 0 Å². The highest BCUT2D eigenvalue weighted by molar-refractivity contribution is 5.96. The molecule has 3 N–H and O–H groups in total. The number of hydrogen-bond acceptors (Lipinski definition) is 5. The first-order chi connectivity index (χ1) is 17.6. The highest BCUT2D eigenvalue weighted by Crippen LogP contribution is 2.47. The Hall–Kier alpha value is -2.64. The van der Waals surface area contributed by atoms with E-state index in [1.807, 2.05) is 35.2 Å². The monoisotopic (exact) mass is 496 g/mol. The maximum atomic E-state index is 13.7. The lowest BCUT2D eigenvalue weighted by atomic mass is 9.77. The first kappa shape index (κ1) is 26.4. The van der Waals surface area contributed by atoms with Crippen LogP contribution in [0.4, 0.5) is 0 Å². The van der Waals surface area contributed by atoms with Crippen LogP contribution in [-0.4, -0.2) is 64.4 Å². The number of aliphatic hydroxyl groups excluding tert-OH is 2. The Morgan fingerprint density at radius 3 is 2.61 bits per heavy atom. The number of nitrogens with one attached hydrogen (secondary N) is 1. The minimum absolute atomic E-state index is 0.0235. The molecule has 0 aromatic heterocycles. The molecule has 1 aliphatic heterocycles. The van der Waals surface area contributed by atoms with Gasteiger partial charge < -0.3 is 25.2 Å². The van der Waals surface area contributed by atoms with Crippen molar-refractivity contribution in [2.75, 3.05) is 13.2 Å². The number of carbonyl (C=O) groups excluding carboxylic acids is 2. The minimum Gasteiger partial charge on any atom is -0.486 e. The van der Waals surface area contributed by atoms with Gasteiger partial charge in [-0.25, -0.2) is 0 Å². The SMILES string of the molecule is C=CCCCCC(=O)N(C1CCCCCC1)[C@@H]1C=C(C(=O)NCCO)[C@@H]2c3ccccc3O[C@@H]2[C@H]1O. The average Bonchev–Trinajstić information content (AvgIpc) is 3.07. The summed E-state index contributed by atoms with van der Waals surface area (Å²) in [5.41, 5.74) is 1.36. The summed E-state index contributed by atoms with van der Waals surface area (Å²) in [6.07, 6.45) is 11.2. The molecule has 196 valence electrons. The Morgan fingerprint density at radius 1 is 1.14 bits per heavy atom. The van der Waals surface area contributed by atoms with E-state index in [2.05, 4.69) is 11.9 Å². The molecule has 36 heavy (non-hydrogen) atoms. The van der Waals surface area contributed by atoms with Gasteiger partial charge in [0.25, 0.3) is 0 Å². The van der Waals surface area contributed by atoms with Crippen LogP contribution in [0.15, 0.2) is 48.6 Å². The predicted molar refractivity (Wildman–Crippen MR) is 139 cm³/mol. The fraction of sp³-hybridized carbons (Fsp3) is 0.586. The summed E-state index contributed by atoms with van der Waals surface area (Å²) in [5.74, 6) is -0.0412. The van der Waals surface area contributed by atoms with Gasteiger partial charge in [-0.15, -0.1) is 6.58 Å². The van der Waals surface area contributed by atoms with E-state index in [9.17, 15) is 19.8 Å². The van der Waals surface area contributed by atoms with Gasteiger partial charge in [0.15, 0.2) is 0 Å². The Labute approximate surface area is 214 Å². The van der Waals surface area contributed by atoms with Crippen LogP contribution in [0.2, 0.25) is 0 Å². The Balaban J connectivity index is 1.70. The second-order valence-electron chi connectivity index (χ2n) is 10.2. The molecular formula is C29H40N2O5. The molecule has 1 aromatic rings. The molecule has 7 nitrogen and oxygen atoms in total. The first-order valence-corrected chi connectivity index (χ1v) is 13.5. The summed E-state index contributed by atoms with van der Waals surface area (Å²) in [6, 6.07) is 6.93. The molecule has 1 saturated carbocycles. The zero-order chi connectivity index (χ0) is 25.5. The fourth-order valence-corrected chi connectivity index (χ4v) is 6.00. The van der Waals surface area contributed by atoms with E-state index in [1.165, 1.54) is 0 Å². The third-order valence-electron chi connectivity index (χ3n) is 7.75. The molecular weight excluding hydrogens is 456 g/mol. The molecule has 0 unspecified atom stereocenters. The normalized spacial score (nSPS) is 25.6. The lowest BCUT2D eigenvalue weighted by molar-refractivity contribution is -0.141. The summed E-state index contributed by atoms with van der Waals surface area (Å²) >= 11 is 0. The number of nitrogens with zero attached hydrogens (tertiary/aromatic N) is 1. The van der Waals surface area contributed by atoms with Crippen molar-refractivity contribution in [3.8, 4) is 5.75 Å². The van der Waals surface area contributed by atoms with Gasteiger partial charge in [0, 0.05) is 30.1 Å². The summed E-state index contributed by atoms with van der Waals surface area (Å²) in [7, 11) is 0. The maximum Gasteiger partial charge on any atom is 0.247 e. The van der Waals surface area contributed by atoms with Crippen molar-refractivity contribution in [1.82, 2.24) is 10.2 Å². The molecule has 0 radical (unpaired) electrons. The number of benzene rings is 1. The molecule has 3 aliphatic rings. The molecule has 1 aromatic carbocycles. The Bertz CT molecular complexity index is 953. The quantitative estimate of drug-likeness (QED) is 0.261. The highest BCUT2D eigenvalue weighted by Gasteiger charge is 2.51. The van der Waals surface area contributed by atoms with Crippen molar-refractivity contribution in [3.63, 3.8) is 0 Å². The number of hydrogen-bond donors (Lipinski definition) is 3. The second-order valence-corrected chi connectivity index (χ2v) is 10.2. The van der Waals surface area contributed by atoms with Crippen LogP contribution in [0.5, 0.6) is 5.75 Å². The minimum atomic E-state index is -0.961. The number of unbranched alkanes of at least 4 members (excludes halogenated alkanes) is 2. The van der Waals surface area contributed by atoms with Crippen LogP contribution >= 0.6 is 0 Å². The molecule has 2 amide bonds. The van der Waals surface area contributed by atoms with Crippen LogP contribution < -0.4 is 10.1 Å². The molecule has 4 atom stereocenters. The van der Waals surface area contributed by atoms with Crippen LogP contribution in [0.1, 0.15) is 75.7 Å². The maximum absolute atomic E-state index is 13.7. The summed E-state index contributed by atoms with van der Waals surface area (Å²) in [4.78, 5) is 28.9. The van der Waals surface area contributed by atoms with Gasteiger partial charge in [-0.3, -0.25) is 9.59 Å². The zero-order valence-corrected chi connectivity index (χ0v) is 21.1. The van der Waals surface area contributed by atoms with Gasteiger partial charge in [-0.2, -0.15) is 0 Å². The lowest BCUT2D eigenvalue weighted by Gasteiger charge is -2.44. The van der Waals surface area contributed by atoms with Crippen LogP contribution in [0.3, 0.4) is 0 Å². The fourth-order valence-electron chi connectivity index (χ4n) is 6.00. The van der Waals surface area contributed by atoms with Crippen molar-refractivity contribution in [2.45, 2.75) is 94.4 Å². The number of para-hydroxylation sites is 1. The molecule has 0 spiro atoms. The van der Waals surface area contributed by atoms with Gasteiger partial charge in [-0.1, -0.05) is 50.0 Å². The molecule has 0 saturated heterocycles. The molecule has 4 rings (SSSR count). The number of fused-ring (bicyclic) bond motifs is 3. The van der Waals surface area contributed by atoms with E-state index in [0.29, 0.717) is 17.7 Å². The van der Waals surface area contributed by atoms with E-state index >= 15 is 0 Å². The highest BCUT2D eigenvalue weighted by atomic mass is 16.5. The molecule has 1 fully saturated rings. The zero-order valence-electron chi connectivity index (χ0n) is 21.1. The van der Waals surface area contributed by atoms with Crippen molar-refractivity contribution < 1.29 is 24.5 Å². The van der Waals surface area contributed by atoms with Crippen LogP contribution in [-0.2, 0) is 9.59 Å². The predicted octanol–water partition coefficient (Wildman–Crippen LogP) is 3.61. The van der Waals surface area contributed by atoms with E-state index < -0.39 is 24.2 Å². The number of allylic oxidation sites excluding steroid dienone is 1. The average molecular weight is 497 g/mol. The van der Waals surface area contributed by atoms with Crippen molar-refractivity contribution in [3.05, 3.63) is 54.1 Å². The number of aliphatic hydroxyl groups is 2. The van der Waals surface area contributed by atoms with Crippen molar-refractivity contribution in [2.24, 2.45) is 0 Å². The molecule has 0 bridgehead atoms. The number of amides is 2. The number of rotatable bonds is 10. The third kappa shape index (κ3) is 5.68. The van der Waals surface area contributed by atoms with Gasteiger partial charge in [0.2, 0.25) is 11.8 Å². The molecule has 2 aliphatic carbocycles. The van der Waals surface area contributed by atoms with E-state index in [0.717, 1.165) is 63.4 Å². The Morgan fingerprint density at radius 2 is 1.89 bits per heavy atom. The lowest BCUT2D eigenvalue weighted by Crippen LogP contribution is -2.58. The number of carbonyl (C=O) groups is 2. The summed E-state index contributed by atoms with van der Waals surface area (Å²) < 4.78 is 6.22. The molecule has 1 heterocycles. The van der Waals surface area contributed by atoms with Gasteiger partial charge >= 0.3 is 0 Å². The second kappa shape index (κ2) is 12.5. The van der Waals surface area contributed by atoms with Gasteiger partial charge in [0.05, 0.1) is 18.6 Å². The van der Waals surface area contributed by atoms with Gasteiger partial charge in [-0.05, 0) is 44.2 Å². The largest absolute Gasteiger partial charge is 0.486 e. The first-order valence-electron chi connectivity index (χ1n) is 13.5. The topological polar surface area (TPSA) is 99.1 Å².